The number of benzene rings is 1. The monoisotopic (exact) mass is 586 g/mol. The number of carbonyl (C=O) groups excluding carboxylic acids is 5. The molecule has 10 nitrogen and oxygen atoms in total. The molecule has 1 saturated heterocycles. The van der Waals surface area contributed by atoms with E-state index in [1.807, 2.05) is 71.9 Å². The Morgan fingerprint density at radius 2 is 1.10 bits per heavy atom. The van der Waals surface area contributed by atoms with Gasteiger partial charge in [-0.2, -0.15) is 0 Å². The molecule has 0 saturated carbocycles. The highest BCUT2D eigenvalue weighted by Crippen LogP contribution is 2.16. The van der Waals surface area contributed by atoms with Crippen molar-refractivity contribution in [2.45, 2.75) is 111 Å². The zero-order valence-corrected chi connectivity index (χ0v) is 26.4. The lowest BCUT2D eigenvalue weighted by atomic mass is 9.98. The van der Waals surface area contributed by atoms with Crippen LogP contribution in [0.5, 0.6) is 0 Å². The Morgan fingerprint density at radius 3 is 1.64 bits per heavy atom. The summed E-state index contributed by atoms with van der Waals surface area (Å²) in [6.45, 7) is 15.1. The number of carbonyl (C=O) groups is 5. The average molecular weight is 587 g/mol. The molecule has 0 aliphatic carbocycles. The molecule has 1 aromatic carbocycles. The van der Waals surface area contributed by atoms with Gasteiger partial charge in [0.2, 0.25) is 17.7 Å². The third-order valence-electron chi connectivity index (χ3n) is 7.05. The molecular formula is C32H50N4O6. The number of hydrogen-bond acceptors (Lipinski definition) is 6. The largest absolute Gasteiger partial charge is 0.451 e. The first kappa shape index (κ1) is 34.8. The van der Waals surface area contributed by atoms with Crippen molar-refractivity contribution in [2.75, 3.05) is 0 Å². The van der Waals surface area contributed by atoms with Crippen LogP contribution in [0.1, 0.15) is 80.2 Å². The molecule has 0 aromatic heterocycles. The van der Waals surface area contributed by atoms with Crippen LogP contribution in [0.25, 0.3) is 0 Å². The predicted octanol–water partition coefficient (Wildman–Crippen LogP) is 2.89. The highest BCUT2D eigenvalue weighted by molar-refractivity contribution is 5.96. The molecule has 1 heterocycles. The Hall–Kier alpha value is -3.43. The van der Waals surface area contributed by atoms with Gasteiger partial charge in [-0.3, -0.25) is 19.2 Å². The van der Waals surface area contributed by atoms with E-state index >= 15 is 0 Å². The first-order valence-corrected chi connectivity index (χ1v) is 15.1. The van der Waals surface area contributed by atoms with Crippen molar-refractivity contribution in [3.05, 3.63) is 35.9 Å². The van der Waals surface area contributed by atoms with Crippen LogP contribution >= 0.6 is 0 Å². The van der Waals surface area contributed by atoms with Crippen LogP contribution in [0.3, 0.4) is 0 Å². The molecule has 0 bridgehead atoms. The number of ether oxygens (including phenoxy) is 1. The molecule has 1 fully saturated rings. The summed E-state index contributed by atoms with van der Waals surface area (Å²) in [5, 5.41) is 11.2. The second-order valence-corrected chi connectivity index (χ2v) is 12.9. The number of nitrogens with one attached hydrogen (secondary N) is 4. The van der Waals surface area contributed by atoms with Crippen LogP contribution in [0.15, 0.2) is 30.3 Å². The van der Waals surface area contributed by atoms with Crippen LogP contribution in [-0.2, 0) is 35.1 Å². The van der Waals surface area contributed by atoms with Crippen molar-refractivity contribution in [3.8, 4) is 0 Å². The smallest absolute Gasteiger partial charge is 0.329 e. The Morgan fingerprint density at radius 1 is 0.595 bits per heavy atom. The summed E-state index contributed by atoms with van der Waals surface area (Å²) in [7, 11) is 0. The normalized spacial score (nSPS) is 25.0. The minimum atomic E-state index is -1.16. The minimum absolute atomic E-state index is 0.00703. The van der Waals surface area contributed by atoms with Gasteiger partial charge in [0.1, 0.15) is 24.2 Å². The quantitative estimate of drug-likeness (QED) is 0.328. The highest BCUT2D eigenvalue weighted by Gasteiger charge is 2.36. The van der Waals surface area contributed by atoms with Crippen molar-refractivity contribution >= 4 is 29.6 Å². The summed E-state index contributed by atoms with van der Waals surface area (Å²) >= 11 is 0. The second-order valence-electron chi connectivity index (χ2n) is 12.9. The number of hydrogen-bond donors (Lipinski definition) is 4. The molecular weight excluding hydrogens is 536 g/mol. The van der Waals surface area contributed by atoms with Gasteiger partial charge in [-0.05, 0) is 48.5 Å². The van der Waals surface area contributed by atoms with E-state index in [1.165, 1.54) is 0 Å². The maximum absolute atomic E-state index is 13.7. The third kappa shape index (κ3) is 11.1. The lowest BCUT2D eigenvalue weighted by Gasteiger charge is -2.28. The average Bonchev–Trinajstić information content (AvgIpc) is 2.89. The van der Waals surface area contributed by atoms with Gasteiger partial charge in [0.25, 0.3) is 5.91 Å². The summed E-state index contributed by atoms with van der Waals surface area (Å²) < 4.78 is 5.74. The fraction of sp³-hybridized carbons (Fsp3) is 0.656. The van der Waals surface area contributed by atoms with Crippen LogP contribution in [0, 0.1) is 23.7 Å². The van der Waals surface area contributed by atoms with E-state index in [2.05, 4.69) is 21.3 Å². The van der Waals surface area contributed by atoms with E-state index in [4.69, 9.17) is 4.74 Å². The van der Waals surface area contributed by atoms with Crippen LogP contribution in [-0.4, -0.2) is 59.9 Å². The number of amides is 4. The van der Waals surface area contributed by atoms with Gasteiger partial charge in [-0.1, -0.05) is 85.7 Å². The van der Waals surface area contributed by atoms with Crippen molar-refractivity contribution in [3.63, 3.8) is 0 Å². The van der Waals surface area contributed by atoms with E-state index in [1.54, 1.807) is 13.8 Å². The number of rotatable bonds is 9. The molecule has 4 N–H and O–H groups in total. The highest BCUT2D eigenvalue weighted by atomic mass is 16.5. The fourth-order valence-corrected chi connectivity index (χ4v) is 4.89. The molecule has 1 aromatic rings. The molecule has 5 atom stereocenters. The molecule has 234 valence electrons. The number of cyclic esters (lactones) is 1. The third-order valence-corrected chi connectivity index (χ3v) is 7.05. The van der Waals surface area contributed by atoms with E-state index in [-0.39, 0.29) is 42.9 Å². The van der Waals surface area contributed by atoms with E-state index in [0.29, 0.717) is 6.42 Å². The minimum Gasteiger partial charge on any atom is -0.451 e. The summed E-state index contributed by atoms with van der Waals surface area (Å²) in [6, 6.07) is 5.27. The van der Waals surface area contributed by atoms with Gasteiger partial charge in [-0.15, -0.1) is 0 Å². The maximum atomic E-state index is 13.7. The van der Waals surface area contributed by atoms with Crippen molar-refractivity contribution in [1.29, 1.82) is 0 Å². The standard InChI is InChI=1S/C32H50N4O6/c1-18(2)14-23-28(37)33-24(17-22-12-10-9-11-13-22)29(38)35-25(15-19(3)4)32(41)42-26(16-20(5)6)30(39)36-27(21(7)8)31(40)34-23/h9-13,18-21,23-27H,14-17H2,1-8H3,(H,33,37)(H,34,40)(H,35,38)(H,36,39)/t23-,24-,25-,26-,27?/m0/s1. The Labute approximate surface area is 250 Å². The molecule has 2 rings (SSSR count). The zero-order valence-electron chi connectivity index (χ0n) is 26.4. The molecule has 1 aliphatic rings. The first-order chi connectivity index (χ1) is 19.7. The predicted molar refractivity (Wildman–Crippen MR) is 161 cm³/mol. The van der Waals surface area contributed by atoms with Crippen LogP contribution in [0.2, 0.25) is 0 Å². The summed E-state index contributed by atoms with van der Waals surface area (Å²) in [5.41, 5.74) is 0.815. The van der Waals surface area contributed by atoms with Gasteiger partial charge in [0.05, 0.1) is 0 Å². The fourth-order valence-electron chi connectivity index (χ4n) is 4.89. The summed E-state index contributed by atoms with van der Waals surface area (Å²) in [6.07, 6.45) is -0.149. The van der Waals surface area contributed by atoms with Gasteiger partial charge in [0.15, 0.2) is 6.10 Å². The summed E-state index contributed by atoms with van der Waals surface area (Å²) in [5.74, 6) is -3.16. The number of esters is 1. The van der Waals surface area contributed by atoms with Crippen molar-refractivity contribution in [1.82, 2.24) is 21.3 Å². The lowest BCUT2D eigenvalue weighted by molar-refractivity contribution is -0.160. The van der Waals surface area contributed by atoms with Crippen LogP contribution in [0.4, 0.5) is 0 Å². The Balaban J connectivity index is 2.59. The Bertz CT molecular complexity index is 1070. The molecule has 1 aliphatic heterocycles. The van der Waals surface area contributed by atoms with Gasteiger partial charge in [-0.25, -0.2) is 4.79 Å². The topological polar surface area (TPSA) is 143 Å². The van der Waals surface area contributed by atoms with Crippen molar-refractivity contribution in [2.24, 2.45) is 23.7 Å². The van der Waals surface area contributed by atoms with E-state index in [9.17, 15) is 24.0 Å². The molecule has 0 radical (unpaired) electrons. The molecule has 42 heavy (non-hydrogen) atoms. The second kappa shape index (κ2) is 16.3. The molecule has 1 unspecified atom stereocenters. The van der Waals surface area contributed by atoms with E-state index in [0.717, 1.165) is 5.56 Å². The SMILES string of the molecule is CC(C)C[C@@H]1NC(=O)C(C(C)C)NC(=O)[C@H](CC(C)C)OC(=O)[C@H](CC(C)C)NC(=O)[C@H](Cc2ccccc2)NC1=O. The van der Waals surface area contributed by atoms with Gasteiger partial charge in [0, 0.05) is 6.42 Å². The molecule has 4 amide bonds. The first-order valence-electron chi connectivity index (χ1n) is 15.1. The van der Waals surface area contributed by atoms with Crippen LogP contribution < -0.4 is 21.3 Å². The lowest BCUT2D eigenvalue weighted by Crippen LogP contribution is -2.59. The van der Waals surface area contributed by atoms with Crippen molar-refractivity contribution < 1.29 is 28.7 Å². The maximum Gasteiger partial charge on any atom is 0.329 e. The summed E-state index contributed by atoms with van der Waals surface area (Å²) in [4.78, 5) is 67.7. The molecule has 0 spiro atoms. The Kier molecular flexibility index (Phi) is 13.5. The van der Waals surface area contributed by atoms with Gasteiger partial charge >= 0.3 is 5.97 Å². The zero-order chi connectivity index (χ0) is 31.6. The van der Waals surface area contributed by atoms with Gasteiger partial charge < -0.3 is 26.0 Å². The van der Waals surface area contributed by atoms with E-state index < -0.39 is 59.9 Å². The molecule has 10 heteroatoms.